The molecule has 1 heterocycles. The number of amides is 1. The molecular weight excluding hydrogens is 268 g/mol. The lowest BCUT2D eigenvalue weighted by Crippen LogP contribution is -2.33. The number of ketones is 1. The van der Waals surface area contributed by atoms with Crippen LogP contribution in [0.25, 0.3) is 0 Å². The van der Waals surface area contributed by atoms with Crippen molar-refractivity contribution in [1.82, 2.24) is 10.3 Å². The minimum atomic E-state index is -0.181. The zero-order valence-corrected chi connectivity index (χ0v) is 13.4. The Balaban J connectivity index is 2.98. The highest BCUT2D eigenvalue weighted by Crippen LogP contribution is 2.21. The van der Waals surface area contributed by atoms with Gasteiger partial charge in [-0.25, -0.2) is 0 Å². The van der Waals surface area contributed by atoms with E-state index in [1.54, 1.807) is 0 Å². The Morgan fingerprint density at radius 1 is 1.38 bits per heavy atom. The zero-order valence-electron chi connectivity index (χ0n) is 13.4. The van der Waals surface area contributed by atoms with Crippen molar-refractivity contribution in [2.24, 2.45) is 0 Å². The van der Waals surface area contributed by atoms with Crippen molar-refractivity contribution in [3.8, 4) is 0 Å². The van der Waals surface area contributed by atoms with E-state index in [9.17, 15) is 9.59 Å². The van der Waals surface area contributed by atoms with Crippen LogP contribution in [0.4, 0.5) is 0 Å². The van der Waals surface area contributed by atoms with Crippen LogP contribution in [0.3, 0.4) is 0 Å². The molecule has 0 aliphatic heterocycles. The zero-order chi connectivity index (χ0) is 16.0. The molecule has 1 atom stereocenters. The predicted octanol–water partition coefficient (Wildman–Crippen LogP) is 2.37. The number of carbonyl (C=O) groups excluding carboxylic acids is 2. The number of hydrogen-bond donors (Lipinski definition) is 3. The molecule has 0 bridgehead atoms. The lowest BCUT2D eigenvalue weighted by atomic mass is 10.0. The molecule has 5 nitrogen and oxygen atoms in total. The fourth-order valence-corrected chi connectivity index (χ4v) is 2.61. The smallest absolute Gasteiger partial charge is 0.268 e. The number of aryl methyl sites for hydroxylation is 1. The van der Waals surface area contributed by atoms with Crippen molar-refractivity contribution in [2.45, 2.75) is 59.4 Å². The second kappa shape index (κ2) is 7.98. The Labute approximate surface area is 126 Å². The number of rotatable bonds is 8. The third-order valence-corrected chi connectivity index (χ3v) is 3.54. The third-order valence-electron chi connectivity index (χ3n) is 3.54. The molecular formula is C16H26N2O3. The molecule has 1 unspecified atom stereocenters. The topological polar surface area (TPSA) is 82.2 Å². The first kappa shape index (κ1) is 17.4. The third kappa shape index (κ3) is 4.43. The summed E-state index contributed by atoms with van der Waals surface area (Å²) in [4.78, 5) is 27.2. The Morgan fingerprint density at radius 3 is 2.57 bits per heavy atom. The van der Waals surface area contributed by atoms with E-state index in [0.29, 0.717) is 24.1 Å². The number of aromatic nitrogens is 1. The molecule has 5 heteroatoms. The molecule has 1 amide bonds. The van der Waals surface area contributed by atoms with Crippen LogP contribution in [0, 0.1) is 6.92 Å². The van der Waals surface area contributed by atoms with Gasteiger partial charge in [-0.2, -0.15) is 0 Å². The molecule has 0 saturated heterocycles. The van der Waals surface area contributed by atoms with E-state index in [2.05, 4.69) is 10.3 Å². The number of carbonyl (C=O) groups is 2. The highest BCUT2D eigenvalue weighted by atomic mass is 16.3. The van der Waals surface area contributed by atoms with E-state index in [0.717, 1.165) is 24.1 Å². The average molecular weight is 294 g/mol. The summed E-state index contributed by atoms with van der Waals surface area (Å²) >= 11 is 0. The highest BCUT2D eigenvalue weighted by molar-refractivity contribution is 6.02. The molecule has 1 aromatic rings. The van der Waals surface area contributed by atoms with E-state index in [1.807, 2.05) is 20.8 Å². The van der Waals surface area contributed by atoms with Crippen molar-refractivity contribution >= 4 is 11.7 Å². The largest absolute Gasteiger partial charge is 0.396 e. The maximum absolute atomic E-state index is 12.4. The van der Waals surface area contributed by atoms with Crippen LogP contribution in [0.5, 0.6) is 0 Å². The van der Waals surface area contributed by atoms with Gasteiger partial charge in [-0.1, -0.05) is 13.3 Å². The van der Waals surface area contributed by atoms with Gasteiger partial charge in [0.15, 0.2) is 5.78 Å². The molecule has 0 radical (unpaired) electrons. The molecule has 118 valence electrons. The summed E-state index contributed by atoms with van der Waals surface area (Å²) in [5, 5.41) is 11.7. The van der Waals surface area contributed by atoms with E-state index in [1.165, 1.54) is 6.92 Å². The van der Waals surface area contributed by atoms with E-state index in [-0.39, 0.29) is 24.3 Å². The summed E-state index contributed by atoms with van der Waals surface area (Å²) in [5.41, 5.74) is 2.70. The van der Waals surface area contributed by atoms with Crippen LogP contribution >= 0.6 is 0 Å². The minimum Gasteiger partial charge on any atom is -0.396 e. The molecule has 0 spiro atoms. The summed E-state index contributed by atoms with van der Waals surface area (Å²) in [6.45, 7) is 7.41. The molecule has 1 aromatic heterocycles. The average Bonchev–Trinajstić information content (AvgIpc) is 2.73. The maximum atomic E-state index is 12.4. The van der Waals surface area contributed by atoms with E-state index < -0.39 is 0 Å². The summed E-state index contributed by atoms with van der Waals surface area (Å²) < 4.78 is 0. The molecule has 0 fully saturated rings. The molecule has 21 heavy (non-hydrogen) atoms. The fraction of sp³-hybridized carbons (Fsp3) is 0.625. The van der Waals surface area contributed by atoms with Gasteiger partial charge < -0.3 is 15.4 Å². The molecule has 0 aliphatic rings. The number of H-pyrrole nitrogens is 1. The van der Waals surface area contributed by atoms with Crippen molar-refractivity contribution < 1.29 is 14.7 Å². The fourth-order valence-electron chi connectivity index (χ4n) is 2.61. The first-order valence-electron chi connectivity index (χ1n) is 7.56. The molecule has 3 N–H and O–H groups in total. The second-order valence-electron chi connectivity index (χ2n) is 5.53. The lowest BCUT2D eigenvalue weighted by Gasteiger charge is -2.13. The monoisotopic (exact) mass is 294 g/mol. The summed E-state index contributed by atoms with van der Waals surface area (Å²) in [5.74, 6) is -0.195. The summed E-state index contributed by atoms with van der Waals surface area (Å²) in [6.07, 6.45) is 2.96. The van der Waals surface area contributed by atoms with Crippen LogP contribution < -0.4 is 5.32 Å². The number of aliphatic hydroxyl groups excluding tert-OH is 1. The van der Waals surface area contributed by atoms with Crippen molar-refractivity contribution in [1.29, 1.82) is 0 Å². The van der Waals surface area contributed by atoms with Gasteiger partial charge in [0.2, 0.25) is 0 Å². The van der Waals surface area contributed by atoms with Gasteiger partial charge in [-0.05, 0) is 45.6 Å². The van der Waals surface area contributed by atoms with Crippen LogP contribution in [-0.2, 0) is 6.42 Å². The van der Waals surface area contributed by atoms with Crippen molar-refractivity contribution in [2.75, 3.05) is 6.61 Å². The number of aromatic amines is 1. The Hall–Kier alpha value is -1.62. The molecule has 0 saturated carbocycles. The van der Waals surface area contributed by atoms with Gasteiger partial charge in [-0.3, -0.25) is 9.59 Å². The van der Waals surface area contributed by atoms with Gasteiger partial charge in [0.1, 0.15) is 5.69 Å². The maximum Gasteiger partial charge on any atom is 0.268 e. The normalized spacial score (nSPS) is 12.2. The number of hydrogen-bond acceptors (Lipinski definition) is 3. The van der Waals surface area contributed by atoms with Crippen molar-refractivity contribution in [3.63, 3.8) is 0 Å². The summed E-state index contributed by atoms with van der Waals surface area (Å²) in [7, 11) is 0. The molecule has 1 rings (SSSR count). The standard InChI is InChI=1S/C16H26N2O3/c1-5-7-13-14(12(4)20)11(3)18-15(13)16(21)17-10(2)8-6-9-19/h10,18-19H,5-9H2,1-4H3,(H,17,21). The number of aliphatic hydroxyl groups is 1. The van der Waals surface area contributed by atoms with Crippen molar-refractivity contribution in [3.05, 3.63) is 22.5 Å². The first-order chi connectivity index (χ1) is 9.92. The van der Waals surface area contributed by atoms with Crippen LogP contribution in [0.2, 0.25) is 0 Å². The van der Waals surface area contributed by atoms with Crippen LogP contribution in [0.15, 0.2) is 0 Å². The number of nitrogens with one attached hydrogen (secondary N) is 2. The SMILES string of the molecule is CCCc1c(C(=O)NC(C)CCCO)[nH]c(C)c1C(C)=O. The Kier molecular flexibility index (Phi) is 6.62. The van der Waals surface area contributed by atoms with E-state index in [4.69, 9.17) is 5.11 Å². The first-order valence-corrected chi connectivity index (χ1v) is 7.56. The lowest BCUT2D eigenvalue weighted by molar-refractivity contribution is 0.0930. The van der Waals surface area contributed by atoms with Gasteiger partial charge in [-0.15, -0.1) is 0 Å². The second-order valence-corrected chi connectivity index (χ2v) is 5.53. The van der Waals surface area contributed by atoms with Gasteiger partial charge >= 0.3 is 0 Å². The highest BCUT2D eigenvalue weighted by Gasteiger charge is 2.22. The Bertz CT molecular complexity index is 506. The quantitative estimate of drug-likeness (QED) is 0.644. The predicted molar refractivity (Wildman–Crippen MR) is 82.8 cm³/mol. The van der Waals surface area contributed by atoms with Gasteiger partial charge in [0.25, 0.3) is 5.91 Å². The summed E-state index contributed by atoms with van der Waals surface area (Å²) in [6, 6.07) is -0.0106. The Morgan fingerprint density at radius 2 is 2.05 bits per heavy atom. The van der Waals surface area contributed by atoms with E-state index >= 15 is 0 Å². The molecule has 0 aromatic carbocycles. The van der Waals surface area contributed by atoms with Gasteiger partial charge in [0.05, 0.1) is 0 Å². The van der Waals surface area contributed by atoms with Gasteiger partial charge in [0, 0.05) is 23.9 Å². The van der Waals surface area contributed by atoms with Crippen LogP contribution in [-0.4, -0.2) is 34.4 Å². The molecule has 0 aliphatic carbocycles. The van der Waals surface area contributed by atoms with Crippen LogP contribution in [0.1, 0.15) is 72.1 Å². The minimum absolute atomic E-state index is 0.0106. The number of Topliss-reactive ketones (excluding diaryl/α,β-unsaturated/α-hetero) is 1.